The van der Waals surface area contributed by atoms with E-state index in [1.54, 1.807) is 12.1 Å². The summed E-state index contributed by atoms with van der Waals surface area (Å²) in [6, 6.07) is 9.02. The van der Waals surface area contributed by atoms with Crippen molar-refractivity contribution >= 4 is 23.3 Å². The molecular formula is C22H26ClN3O4. The molecule has 1 atom stereocenters. The van der Waals surface area contributed by atoms with Crippen molar-refractivity contribution in [2.75, 3.05) is 13.2 Å². The van der Waals surface area contributed by atoms with Gasteiger partial charge in [-0.05, 0) is 25.7 Å². The molecule has 1 saturated carbocycles. The number of halogens is 1. The first-order valence-corrected chi connectivity index (χ1v) is 10.4. The van der Waals surface area contributed by atoms with Gasteiger partial charge in [0.25, 0.3) is 0 Å². The number of carbonyl (C=O) groups is 2. The van der Waals surface area contributed by atoms with Crippen molar-refractivity contribution in [3.8, 4) is 5.88 Å². The van der Waals surface area contributed by atoms with E-state index >= 15 is 0 Å². The van der Waals surface area contributed by atoms with Gasteiger partial charge in [-0.2, -0.15) is 0 Å². The molecule has 0 saturated heterocycles. The molecular weight excluding hydrogens is 406 g/mol. The molecule has 7 nitrogen and oxygen atoms in total. The molecule has 0 aliphatic heterocycles. The van der Waals surface area contributed by atoms with Gasteiger partial charge in [0, 0.05) is 18.5 Å². The van der Waals surface area contributed by atoms with E-state index in [0.29, 0.717) is 36.3 Å². The van der Waals surface area contributed by atoms with Crippen molar-refractivity contribution in [2.24, 2.45) is 5.92 Å². The van der Waals surface area contributed by atoms with Gasteiger partial charge in [0.05, 0.1) is 31.4 Å². The Morgan fingerprint density at radius 1 is 1.23 bits per heavy atom. The molecule has 3 rings (SSSR count). The largest absolute Gasteiger partial charge is 0.476 e. The van der Waals surface area contributed by atoms with E-state index in [2.05, 4.69) is 15.3 Å². The zero-order chi connectivity index (χ0) is 21.5. The lowest BCUT2D eigenvalue weighted by atomic mass is 9.83. The lowest BCUT2D eigenvalue weighted by Crippen LogP contribution is -2.40. The normalized spacial score (nSPS) is 18.9. The number of hydrogen-bond acceptors (Lipinski definition) is 6. The van der Waals surface area contributed by atoms with E-state index < -0.39 is 0 Å². The molecule has 8 heteroatoms. The van der Waals surface area contributed by atoms with E-state index in [-0.39, 0.29) is 35.3 Å². The Kier molecular flexibility index (Phi) is 7.76. The van der Waals surface area contributed by atoms with Crippen LogP contribution in [-0.2, 0) is 16.0 Å². The topological polar surface area (TPSA) is 90.4 Å². The Morgan fingerprint density at radius 3 is 2.67 bits per heavy atom. The second kappa shape index (κ2) is 10.5. The predicted octanol–water partition coefficient (Wildman–Crippen LogP) is 3.25. The zero-order valence-electron chi connectivity index (χ0n) is 17.1. The van der Waals surface area contributed by atoms with E-state index in [1.807, 2.05) is 25.1 Å². The molecule has 1 N–H and O–H groups in total. The Morgan fingerprint density at radius 2 is 1.97 bits per heavy atom. The number of aromatic nitrogens is 2. The summed E-state index contributed by atoms with van der Waals surface area (Å²) >= 11 is 6.38. The number of hydrogen-bond donors (Lipinski definition) is 1. The number of carbonyl (C=O) groups excluding carboxylic acids is 2. The summed E-state index contributed by atoms with van der Waals surface area (Å²) in [4.78, 5) is 31.7. The highest BCUT2D eigenvalue weighted by Crippen LogP contribution is 2.32. The molecule has 0 radical (unpaired) electrons. The highest BCUT2D eigenvalue weighted by atomic mass is 35.5. The average molecular weight is 432 g/mol. The summed E-state index contributed by atoms with van der Waals surface area (Å²) in [5, 5.41) is 3.07. The van der Waals surface area contributed by atoms with Crippen LogP contribution in [0.2, 0.25) is 5.02 Å². The van der Waals surface area contributed by atoms with Crippen molar-refractivity contribution in [1.82, 2.24) is 15.3 Å². The van der Waals surface area contributed by atoms with Gasteiger partial charge in [0.2, 0.25) is 11.8 Å². The van der Waals surface area contributed by atoms with Gasteiger partial charge in [-0.25, -0.2) is 9.97 Å². The van der Waals surface area contributed by atoms with Gasteiger partial charge in [0.1, 0.15) is 11.3 Å². The van der Waals surface area contributed by atoms with Crippen LogP contribution in [0.1, 0.15) is 42.7 Å². The van der Waals surface area contributed by atoms with E-state index in [0.717, 1.165) is 12.8 Å². The fourth-order valence-corrected chi connectivity index (χ4v) is 3.52. The molecule has 0 unspecified atom stereocenters. The van der Waals surface area contributed by atoms with Gasteiger partial charge in [0.15, 0.2) is 5.78 Å². The minimum Gasteiger partial charge on any atom is -0.476 e. The molecule has 1 amide bonds. The molecule has 0 bridgehead atoms. The number of Topliss-reactive ketones (excluding diaryl/α,β-unsaturated/α-hetero) is 1. The number of nitrogens with zero attached hydrogens (tertiary/aromatic N) is 2. The number of rotatable bonds is 10. The fraction of sp³-hybridized carbons (Fsp3) is 0.455. The van der Waals surface area contributed by atoms with Gasteiger partial charge >= 0.3 is 0 Å². The lowest BCUT2D eigenvalue weighted by Gasteiger charge is -2.35. The SMILES string of the molecule is CC(=O)N[C@@H](C)COC1CC(COc2ncnc(CC(=O)c3ccccc3)c2Cl)C1. The number of ketones is 1. The quantitative estimate of drug-likeness (QED) is 0.581. The van der Waals surface area contributed by atoms with Gasteiger partial charge in [-0.1, -0.05) is 41.9 Å². The first kappa shape index (κ1) is 22.2. The van der Waals surface area contributed by atoms with Crippen molar-refractivity contribution in [3.63, 3.8) is 0 Å². The zero-order valence-corrected chi connectivity index (χ0v) is 17.9. The third kappa shape index (κ3) is 6.24. The number of amides is 1. The van der Waals surface area contributed by atoms with E-state index in [4.69, 9.17) is 21.1 Å². The Bertz CT molecular complexity index is 872. The third-order valence-corrected chi connectivity index (χ3v) is 5.31. The molecule has 0 spiro atoms. The van der Waals surface area contributed by atoms with Crippen molar-refractivity contribution in [2.45, 2.75) is 45.3 Å². The van der Waals surface area contributed by atoms with Crippen molar-refractivity contribution in [1.29, 1.82) is 0 Å². The van der Waals surface area contributed by atoms with Crippen LogP contribution in [0.25, 0.3) is 0 Å². The van der Waals surface area contributed by atoms with Crippen LogP contribution < -0.4 is 10.1 Å². The molecule has 1 fully saturated rings. The second-order valence-corrected chi connectivity index (χ2v) is 7.99. The predicted molar refractivity (Wildman–Crippen MR) is 113 cm³/mol. The molecule has 2 aromatic rings. The molecule has 1 aromatic carbocycles. The number of benzene rings is 1. The Labute approximate surface area is 181 Å². The van der Waals surface area contributed by atoms with Gasteiger partial charge in [-0.3, -0.25) is 9.59 Å². The van der Waals surface area contributed by atoms with Crippen LogP contribution in [-0.4, -0.2) is 47.0 Å². The third-order valence-electron chi connectivity index (χ3n) is 4.93. The van der Waals surface area contributed by atoms with Crippen LogP contribution in [0.15, 0.2) is 36.7 Å². The maximum atomic E-state index is 12.4. The van der Waals surface area contributed by atoms with E-state index in [9.17, 15) is 9.59 Å². The van der Waals surface area contributed by atoms with Crippen molar-refractivity contribution < 1.29 is 19.1 Å². The first-order valence-electron chi connectivity index (χ1n) is 10.0. The molecule has 1 heterocycles. The standard InChI is InChI=1S/C22H26ClN3O4/c1-14(26-15(2)27)11-29-18-8-16(9-18)12-30-22-21(23)19(24-13-25-22)10-20(28)17-6-4-3-5-7-17/h3-7,13-14,16,18H,8-12H2,1-2H3,(H,26,27)/t14-,16?,18?/m0/s1. The minimum absolute atomic E-state index is 0.00496. The first-order chi connectivity index (χ1) is 14.4. The highest BCUT2D eigenvalue weighted by Gasteiger charge is 2.31. The summed E-state index contributed by atoms with van der Waals surface area (Å²) in [7, 11) is 0. The van der Waals surface area contributed by atoms with Crippen molar-refractivity contribution in [3.05, 3.63) is 52.9 Å². The molecule has 1 aliphatic rings. The highest BCUT2D eigenvalue weighted by molar-refractivity contribution is 6.32. The van der Waals surface area contributed by atoms with Crippen LogP contribution in [0.4, 0.5) is 0 Å². The molecule has 160 valence electrons. The molecule has 1 aliphatic carbocycles. The number of nitrogens with one attached hydrogen (secondary N) is 1. The van der Waals surface area contributed by atoms with Crippen LogP contribution in [0, 0.1) is 5.92 Å². The fourth-order valence-electron chi connectivity index (χ4n) is 3.30. The summed E-state index contributed by atoms with van der Waals surface area (Å²) in [6.07, 6.45) is 3.40. The maximum Gasteiger partial charge on any atom is 0.236 e. The summed E-state index contributed by atoms with van der Waals surface area (Å²) in [5.41, 5.74) is 1.07. The molecule has 30 heavy (non-hydrogen) atoms. The smallest absolute Gasteiger partial charge is 0.236 e. The van der Waals surface area contributed by atoms with Gasteiger partial charge in [-0.15, -0.1) is 0 Å². The number of ether oxygens (including phenoxy) is 2. The summed E-state index contributed by atoms with van der Waals surface area (Å²) < 4.78 is 11.6. The van der Waals surface area contributed by atoms with Crippen LogP contribution >= 0.6 is 11.6 Å². The molecule has 1 aromatic heterocycles. The van der Waals surface area contributed by atoms with Gasteiger partial charge < -0.3 is 14.8 Å². The summed E-state index contributed by atoms with van der Waals surface area (Å²) in [6.45, 7) is 4.38. The van der Waals surface area contributed by atoms with Crippen LogP contribution in [0.3, 0.4) is 0 Å². The van der Waals surface area contributed by atoms with E-state index in [1.165, 1.54) is 13.3 Å². The lowest BCUT2D eigenvalue weighted by molar-refractivity contribution is -0.120. The summed E-state index contributed by atoms with van der Waals surface area (Å²) in [5.74, 6) is 0.532. The second-order valence-electron chi connectivity index (χ2n) is 7.61. The Balaban J connectivity index is 1.44. The Hall–Kier alpha value is -2.51. The average Bonchev–Trinajstić information content (AvgIpc) is 2.69. The maximum absolute atomic E-state index is 12.4. The minimum atomic E-state index is -0.0605. The van der Waals surface area contributed by atoms with Crippen LogP contribution in [0.5, 0.6) is 5.88 Å². The monoisotopic (exact) mass is 431 g/mol.